The van der Waals surface area contributed by atoms with Crippen LogP contribution in [0.4, 0.5) is 27.2 Å². The Morgan fingerprint density at radius 3 is 2.23 bits per heavy atom. The number of ether oxygens (including phenoxy) is 3. The maximum atomic E-state index is 16.8. The van der Waals surface area contributed by atoms with Crippen LogP contribution in [0.3, 0.4) is 0 Å². The summed E-state index contributed by atoms with van der Waals surface area (Å²) in [6.45, 7) is 10.1. The van der Waals surface area contributed by atoms with E-state index in [0.29, 0.717) is 70.6 Å². The molecule has 3 amide bonds. The van der Waals surface area contributed by atoms with Gasteiger partial charge in [-0.2, -0.15) is 13.2 Å². The summed E-state index contributed by atoms with van der Waals surface area (Å²) in [5.41, 5.74) is 3.02. The Morgan fingerprint density at radius 1 is 0.909 bits per heavy atom. The average Bonchev–Trinajstić information content (AvgIpc) is 4.10. The molecule has 0 radical (unpaired) electrons. The number of imidazole rings is 2. The van der Waals surface area contributed by atoms with Gasteiger partial charge in [0.15, 0.2) is 0 Å². The molecule has 3 aliphatic rings. The fourth-order valence-corrected chi connectivity index (χ4v) is 10.3. The molecule has 9 rings (SSSR count). The summed E-state index contributed by atoms with van der Waals surface area (Å²) in [5.74, 6) is 0.222. The molecule has 3 N–H and O–H groups in total. The molecule has 4 aromatic heterocycles. The molecule has 0 bridgehead atoms. The standard InChI is InChI=1S/C47H50F4N8O6S/c1-24(2)39(56-44(61)63-6)42(60)57-15-7-9-33(57)40-53-23-31(55-40)26-18-29(48)38-35-19-27-17-25(30-22-52-41(54-30)34-10-8-16-58(34)45(62)65-46(3,4)5)11-13-32(27)59(35)43(64-36(38)20-26)37-14-12-28(66-37)21-47(49,50)51/h11-14,17-20,22-24,33-34,39,43H,7-10,15-16,21H2,1-6H3,(H,52,54)(H,53,55)(H,56,61)/t33-,34?,39-,43?/m0/s1. The molecule has 0 saturated carbocycles. The Kier molecular flexibility index (Phi) is 11.6. The van der Waals surface area contributed by atoms with Crippen LogP contribution in [0, 0.1) is 11.7 Å². The number of fused-ring (bicyclic) bond motifs is 5. The summed E-state index contributed by atoms with van der Waals surface area (Å²) in [5, 5.41) is 3.37. The van der Waals surface area contributed by atoms with Crippen LogP contribution in [0.1, 0.15) is 100 Å². The summed E-state index contributed by atoms with van der Waals surface area (Å²) < 4.78 is 76.3. The second kappa shape index (κ2) is 17.1. The van der Waals surface area contributed by atoms with Gasteiger partial charge in [-0.1, -0.05) is 19.9 Å². The number of benzene rings is 2. The van der Waals surface area contributed by atoms with Gasteiger partial charge in [0.1, 0.15) is 34.9 Å². The molecule has 0 aliphatic carbocycles. The highest BCUT2D eigenvalue weighted by atomic mass is 32.1. The number of likely N-dealkylation sites (tertiary alicyclic amines) is 2. The number of H-pyrrole nitrogens is 2. The molecule has 3 aliphatic heterocycles. The fourth-order valence-electron chi connectivity index (χ4n) is 9.19. The number of nitrogens with zero attached hydrogens (tertiary/aromatic N) is 5. The summed E-state index contributed by atoms with van der Waals surface area (Å²) in [7, 11) is 1.24. The zero-order chi connectivity index (χ0) is 46.8. The lowest BCUT2D eigenvalue weighted by molar-refractivity contribution is -0.135. The summed E-state index contributed by atoms with van der Waals surface area (Å²) in [4.78, 5) is 58.9. The third-order valence-electron chi connectivity index (χ3n) is 12.2. The minimum absolute atomic E-state index is 0.111. The molecular weight excluding hydrogens is 881 g/mol. The van der Waals surface area contributed by atoms with Crippen LogP contribution in [-0.2, 0) is 20.7 Å². The van der Waals surface area contributed by atoms with Crippen molar-refractivity contribution in [3.63, 3.8) is 0 Å². The van der Waals surface area contributed by atoms with Crippen molar-refractivity contribution in [3.05, 3.63) is 88.1 Å². The van der Waals surface area contributed by atoms with E-state index in [4.69, 9.17) is 14.2 Å². The maximum absolute atomic E-state index is 16.8. The van der Waals surface area contributed by atoms with E-state index in [0.717, 1.165) is 35.1 Å². The van der Waals surface area contributed by atoms with Crippen molar-refractivity contribution in [2.45, 2.75) is 103 Å². The number of nitrogens with one attached hydrogen (secondary N) is 3. The van der Waals surface area contributed by atoms with Gasteiger partial charge in [0.05, 0.1) is 71.0 Å². The number of aromatic amines is 2. The van der Waals surface area contributed by atoms with E-state index in [9.17, 15) is 27.6 Å². The number of rotatable bonds is 9. The first kappa shape index (κ1) is 44.8. The third-order valence-corrected chi connectivity index (χ3v) is 13.3. The van der Waals surface area contributed by atoms with Crippen LogP contribution in [0.25, 0.3) is 44.7 Å². The first-order valence-corrected chi connectivity index (χ1v) is 22.7. The molecule has 2 saturated heterocycles. The number of methoxy groups -OCH3 is 1. The van der Waals surface area contributed by atoms with Gasteiger partial charge in [-0.25, -0.2) is 23.9 Å². The number of hydrogen-bond donors (Lipinski definition) is 3. The SMILES string of the molecule is COC(=O)N[C@H](C(=O)N1CCC[C@H]1c1ncc(-c2cc(F)c3c(c2)OC(c2ccc(CC(F)(F)F)s2)n2c-3cc3cc(-c4cnc(C5CCCN5C(=O)OC(C)(C)C)[nH]4)ccc32)[nH]1)C(C)C. The first-order chi connectivity index (χ1) is 31.4. The van der Waals surface area contributed by atoms with Gasteiger partial charge in [0.2, 0.25) is 12.1 Å². The van der Waals surface area contributed by atoms with Crippen molar-refractivity contribution < 1.29 is 46.2 Å². The van der Waals surface area contributed by atoms with Gasteiger partial charge in [0.25, 0.3) is 0 Å². The number of hydrogen-bond acceptors (Lipinski definition) is 9. The largest absolute Gasteiger partial charge is 0.464 e. The van der Waals surface area contributed by atoms with Crippen molar-refractivity contribution in [2.75, 3.05) is 20.2 Å². The molecule has 19 heteroatoms. The molecule has 0 spiro atoms. The summed E-state index contributed by atoms with van der Waals surface area (Å²) in [6, 6.07) is 12.1. The van der Waals surface area contributed by atoms with Crippen LogP contribution in [0.5, 0.6) is 5.75 Å². The van der Waals surface area contributed by atoms with E-state index in [1.54, 1.807) is 34.3 Å². The molecule has 2 aromatic carbocycles. The maximum Gasteiger partial charge on any atom is 0.410 e. The molecule has 7 heterocycles. The van der Waals surface area contributed by atoms with Crippen LogP contribution in [0.2, 0.25) is 0 Å². The van der Waals surface area contributed by atoms with Crippen molar-refractivity contribution in [1.29, 1.82) is 0 Å². The lowest BCUT2D eigenvalue weighted by Gasteiger charge is -2.30. The Balaban J connectivity index is 1.05. The zero-order valence-corrected chi connectivity index (χ0v) is 38.0. The molecule has 14 nitrogen and oxygen atoms in total. The Hall–Kier alpha value is -6.37. The predicted octanol–water partition coefficient (Wildman–Crippen LogP) is 10.4. The third kappa shape index (κ3) is 8.71. The lowest BCUT2D eigenvalue weighted by Crippen LogP contribution is -2.51. The van der Waals surface area contributed by atoms with Crippen molar-refractivity contribution in [2.24, 2.45) is 5.92 Å². The Labute approximate surface area is 381 Å². The number of carbonyl (C=O) groups excluding carboxylic acids is 3. The molecule has 2 unspecified atom stereocenters. The number of thiophene rings is 1. The summed E-state index contributed by atoms with van der Waals surface area (Å²) in [6.07, 6.45) is -1.45. The van der Waals surface area contributed by atoms with E-state index in [1.165, 1.54) is 19.2 Å². The molecule has 2 fully saturated rings. The monoisotopic (exact) mass is 930 g/mol. The normalized spacial score (nSPS) is 18.9. The van der Waals surface area contributed by atoms with Crippen LogP contribution >= 0.6 is 11.3 Å². The van der Waals surface area contributed by atoms with Crippen molar-refractivity contribution >= 4 is 40.3 Å². The van der Waals surface area contributed by atoms with Gasteiger partial charge < -0.3 is 34.4 Å². The van der Waals surface area contributed by atoms with Gasteiger partial charge in [-0.15, -0.1) is 11.3 Å². The van der Waals surface area contributed by atoms with E-state index in [2.05, 4.69) is 25.3 Å². The van der Waals surface area contributed by atoms with Crippen molar-refractivity contribution in [3.8, 4) is 39.5 Å². The number of alkyl halides is 3. The van der Waals surface area contributed by atoms with Crippen LogP contribution < -0.4 is 10.1 Å². The highest BCUT2D eigenvalue weighted by Crippen LogP contribution is 2.49. The molecule has 66 heavy (non-hydrogen) atoms. The average molecular weight is 931 g/mol. The predicted molar refractivity (Wildman–Crippen MR) is 238 cm³/mol. The fraction of sp³-hybridized carbons (Fsp3) is 0.426. The summed E-state index contributed by atoms with van der Waals surface area (Å²) >= 11 is 0.981. The van der Waals surface area contributed by atoms with Crippen LogP contribution in [-0.4, -0.2) is 90.4 Å². The molecular formula is C47H50F4N8O6S. The van der Waals surface area contributed by atoms with Gasteiger partial charge in [-0.3, -0.25) is 14.3 Å². The topological polar surface area (TPSA) is 160 Å². The zero-order valence-electron chi connectivity index (χ0n) is 37.2. The Morgan fingerprint density at radius 2 is 1.58 bits per heavy atom. The minimum Gasteiger partial charge on any atom is -0.464 e. The second-order valence-electron chi connectivity index (χ2n) is 18.3. The van der Waals surface area contributed by atoms with Gasteiger partial charge in [0, 0.05) is 34.5 Å². The number of halogens is 4. The lowest BCUT2D eigenvalue weighted by atomic mass is 10.0. The highest BCUT2D eigenvalue weighted by molar-refractivity contribution is 7.12. The van der Waals surface area contributed by atoms with Crippen molar-refractivity contribution in [1.82, 2.24) is 39.6 Å². The number of aromatic nitrogens is 5. The minimum atomic E-state index is -4.41. The quantitative estimate of drug-likeness (QED) is 0.121. The second-order valence-corrected chi connectivity index (χ2v) is 19.5. The number of amides is 3. The molecule has 348 valence electrons. The highest BCUT2D eigenvalue weighted by Gasteiger charge is 2.39. The molecule has 6 aromatic rings. The van der Waals surface area contributed by atoms with E-state index in [-0.39, 0.29) is 34.1 Å². The van der Waals surface area contributed by atoms with Gasteiger partial charge >= 0.3 is 18.4 Å². The van der Waals surface area contributed by atoms with Crippen LogP contribution in [0.15, 0.2) is 60.9 Å². The number of carbonyl (C=O) groups is 3. The van der Waals surface area contributed by atoms with E-state index >= 15 is 4.39 Å². The van der Waals surface area contributed by atoms with Gasteiger partial charge in [-0.05, 0) is 94.8 Å². The number of alkyl carbamates (subject to hydrolysis) is 1. The molecule has 4 atom stereocenters. The van der Waals surface area contributed by atoms with E-state index in [1.807, 2.05) is 63.5 Å². The smallest absolute Gasteiger partial charge is 0.410 e. The first-order valence-electron chi connectivity index (χ1n) is 21.9. The van der Waals surface area contributed by atoms with E-state index < -0.39 is 54.5 Å². The Bertz CT molecular complexity index is 2820.